The molecule has 0 aliphatic carbocycles. The van der Waals surface area contributed by atoms with E-state index >= 15 is 0 Å². The Morgan fingerprint density at radius 2 is 1.83 bits per heavy atom. The molecule has 0 bridgehead atoms. The van der Waals surface area contributed by atoms with Gasteiger partial charge in [0.1, 0.15) is 12.4 Å². The monoisotopic (exact) mass is 246 g/mol. The summed E-state index contributed by atoms with van der Waals surface area (Å²) in [5.41, 5.74) is 1.85. The van der Waals surface area contributed by atoms with Crippen LogP contribution in [0.2, 0.25) is 0 Å². The van der Waals surface area contributed by atoms with Crippen molar-refractivity contribution in [2.24, 2.45) is 0 Å². The fourth-order valence-corrected chi connectivity index (χ4v) is 1.65. The second kappa shape index (κ2) is 4.72. The SMILES string of the molecule is CC(C)(C)c1ccc(OCc2c[nH][nH]c2=O)cc1. The Morgan fingerprint density at radius 3 is 2.33 bits per heavy atom. The van der Waals surface area contributed by atoms with Gasteiger partial charge in [-0.15, -0.1) is 0 Å². The molecule has 0 saturated heterocycles. The molecule has 2 aromatic rings. The zero-order valence-corrected chi connectivity index (χ0v) is 10.9. The van der Waals surface area contributed by atoms with Crippen LogP contribution < -0.4 is 10.3 Å². The molecule has 0 unspecified atom stereocenters. The normalized spacial score (nSPS) is 11.5. The van der Waals surface area contributed by atoms with Gasteiger partial charge in [-0.2, -0.15) is 0 Å². The number of rotatable bonds is 3. The van der Waals surface area contributed by atoms with Crippen molar-refractivity contribution in [1.29, 1.82) is 0 Å². The quantitative estimate of drug-likeness (QED) is 0.874. The molecule has 0 spiro atoms. The molecule has 2 N–H and O–H groups in total. The Morgan fingerprint density at radius 1 is 1.17 bits per heavy atom. The smallest absolute Gasteiger partial charge is 0.270 e. The molecule has 1 aromatic carbocycles. The van der Waals surface area contributed by atoms with Crippen LogP contribution in [0.3, 0.4) is 0 Å². The average molecular weight is 246 g/mol. The lowest BCUT2D eigenvalue weighted by molar-refractivity contribution is 0.305. The highest BCUT2D eigenvalue weighted by atomic mass is 16.5. The molecule has 1 heterocycles. The first-order chi connectivity index (χ1) is 8.47. The summed E-state index contributed by atoms with van der Waals surface area (Å²) in [5.74, 6) is 0.767. The maximum absolute atomic E-state index is 11.3. The van der Waals surface area contributed by atoms with Crippen molar-refractivity contribution in [2.45, 2.75) is 32.8 Å². The van der Waals surface area contributed by atoms with Crippen LogP contribution in [0.1, 0.15) is 31.9 Å². The van der Waals surface area contributed by atoms with Gasteiger partial charge < -0.3 is 9.84 Å². The molecule has 0 saturated carbocycles. The molecule has 0 aliphatic rings. The fraction of sp³-hybridized carbons (Fsp3) is 0.357. The Kier molecular flexibility index (Phi) is 3.28. The average Bonchev–Trinajstić information content (AvgIpc) is 2.72. The standard InChI is InChI=1S/C14H18N2O2/c1-14(2,3)11-4-6-12(7-5-11)18-9-10-8-15-16-13(10)17/h4-8H,9H2,1-3H3,(H2,15,16,17). The first-order valence-electron chi connectivity index (χ1n) is 5.95. The van der Waals surface area contributed by atoms with Gasteiger partial charge in [-0.3, -0.25) is 9.89 Å². The van der Waals surface area contributed by atoms with E-state index in [0.29, 0.717) is 5.56 Å². The van der Waals surface area contributed by atoms with Crippen molar-refractivity contribution in [1.82, 2.24) is 10.2 Å². The molecule has 0 fully saturated rings. The number of benzene rings is 1. The molecule has 2 rings (SSSR count). The van der Waals surface area contributed by atoms with Crippen LogP contribution >= 0.6 is 0 Å². The van der Waals surface area contributed by atoms with Crippen LogP contribution in [-0.2, 0) is 12.0 Å². The second-order valence-electron chi connectivity index (χ2n) is 5.33. The van der Waals surface area contributed by atoms with Crippen LogP contribution in [0, 0.1) is 0 Å². The maximum atomic E-state index is 11.3. The largest absolute Gasteiger partial charge is 0.489 e. The van der Waals surface area contributed by atoms with Gasteiger partial charge in [-0.1, -0.05) is 32.9 Å². The molecule has 0 aliphatic heterocycles. The van der Waals surface area contributed by atoms with Gasteiger partial charge in [0, 0.05) is 6.20 Å². The summed E-state index contributed by atoms with van der Waals surface area (Å²) in [6.07, 6.45) is 1.62. The zero-order valence-electron chi connectivity index (χ0n) is 10.9. The summed E-state index contributed by atoms with van der Waals surface area (Å²) in [5, 5.41) is 5.12. The van der Waals surface area contributed by atoms with E-state index in [1.807, 2.05) is 12.1 Å². The second-order valence-corrected chi connectivity index (χ2v) is 5.33. The minimum atomic E-state index is -0.138. The minimum absolute atomic E-state index is 0.135. The summed E-state index contributed by atoms with van der Waals surface area (Å²) in [4.78, 5) is 11.3. The number of hydrogen-bond donors (Lipinski definition) is 2. The first-order valence-corrected chi connectivity index (χ1v) is 5.95. The molecule has 4 heteroatoms. The lowest BCUT2D eigenvalue weighted by Crippen LogP contribution is -2.11. The van der Waals surface area contributed by atoms with Gasteiger partial charge in [0.15, 0.2) is 0 Å². The van der Waals surface area contributed by atoms with Gasteiger partial charge >= 0.3 is 0 Å². The lowest BCUT2D eigenvalue weighted by atomic mass is 9.87. The topological polar surface area (TPSA) is 57.9 Å². The number of ether oxygens (including phenoxy) is 1. The summed E-state index contributed by atoms with van der Waals surface area (Å²) < 4.78 is 5.56. The molecular weight excluding hydrogens is 228 g/mol. The van der Waals surface area contributed by atoms with Gasteiger partial charge in [0.05, 0.1) is 5.56 Å². The Bertz CT molecular complexity index is 558. The highest BCUT2D eigenvalue weighted by Crippen LogP contribution is 2.24. The van der Waals surface area contributed by atoms with Gasteiger partial charge in [0.2, 0.25) is 0 Å². The molecule has 96 valence electrons. The zero-order chi connectivity index (χ0) is 13.2. The number of H-pyrrole nitrogens is 2. The van der Waals surface area contributed by atoms with Crippen molar-refractivity contribution in [2.75, 3.05) is 0 Å². The number of hydrogen-bond acceptors (Lipinski definition) is 2. The Hall–Kier alpha value is -1.97. The van der Waals surface area contributed by atoms with E-state index in [4.69, 9.17) is 4.74 Å². The Balaban J connectivity index is 2.03. The van der Waals surface area contributed by atoms with Crippen molar-refractivity contribution >= 4 is 0 Å². The van der Waals surface area contributed by atoms with Crippen molar-refractivity contribution in [3.05, 3.63) is 51.9 Å². The number of aromatic amines is 2. The third-order valence-electron chi connectivity index (χ3n) is 2.84. The molecule has 1 aromatic heterocycles. The molecule has 4 nitrogen and oxygen atoms in total. The summed E-state index contributed by atoms with van der Waals surface area (Å²) in [6.45, 7) is 6.78. The molecular formula is C14H18N2O2. The maximum Gasteiger partial charge on any atom is 0.270 e. The minimum Gasteiger partial charge on any atom is -0.489 e. The van der Waals surface area contributed by atoms with E-state index in [1.165, 1.54) is 5.56 Å². The molecule has 18 heavy (non-hydrogen) atoms. The highest BCUT2D eigenvalue weighted by Gasteiger charge is 2.13. The summed E-state index contributed by atoms with van der Waals surface area (Å²) in [6, 6.07) is 7.97. The van der Waals surface area contributed by atoms with Gasteiger partial charge in [-0.05, 0) is 23.1 Å². The molecule has 0 amide bonds. The third kappa shape index (κ3) is 2.83. The van der Waals surface area contributed by atoms with E-state index in [-0.39, 0.29) is 17.6 Å². The van der Waals surface area contributed by atoms with Crippen molar-refractivity contribution in [3.8, 4) is 5.75 Å². The number of aromatic nitrogens is 2. The van der Waals surface area contributed by atoms with E-state index < -0.39 is 0 Å². The predicted molar refractivity (Wildman–Crippen MR) is 70.9 cm³/mol. The van der Waals surface area contributed by atoms with Crippen molar-refractivity contribution < 1.29 is 4.74 Å². The van der Waals surface area contributed by atoms with E-state index in [0.717, 1.165) is 5.75 Å². The lowest BCUT2D eigenvalue weighted by Gasteiger charge is -2.19. The Labute approximate surface area is 106 Å². The molecule has 0 radical (unpaired) electrons. The van der Waals surface area contributed by atoms with Crippen LogP contribution in [0.5, 0.6) is 5.75 Å². The van der Waals surface area contributed by atoms with Crippen molar-refractivity contribution in [3.63, 3.8) is 0 Å². The highest BCUT2D eigenvalue weighted by molar-refractivity contribution is 5.31. The third-order valence-corrected chi connectivity index (χ3v) is 2.84. The van der Waals surface area contributed by atoms with Gasteiger partial charge in [0.25, 0.3) is 5.56 Å². The summed E-state index contributed by atoms with van der Waals surface area (Å²) >= 11 is 0. The van der Waals surface area contributed by atoms with Crippen LogP contribution in [0.4, 0.5) is 0 Å². The molecule has 0 atom stereocenters. The first kappa shape index (κ1) is 12.5. The van der Waals surface area contributed by atoms with E-state index in [9.17, 15) is 4.79 Å². The van der Waals surface area contributed by atoms with Crippen LogP contribution in [0.25, 0.3) is 0 Å². The summed E-state index contributed by atoms with van der Waals surface area (Å²) in [7, 11) is 0. The number of nitrogens with one attached hydrogen (secondary N) is 2. The predicted octanol–water partition coefficient (Wildman–Crippen LogP) is 2.58. The van der Waals surface area contributed by atoms with E-state index in [2.05, 4.69) is 43.1 Å². The van der Waals surface area contributed by atoms with E-state index in [1.54, 1.807) is 6.20 Å². The fourth-order valence-electron chi connectivity index (χ4n) is 1.65. The van der Waals surface area contributed by atoms with Crippen LogP contribution in [0.15, 0.2) is 35.3 Å². The van der Waals surface area contributed by atoms with Gasteiger partial charge in [-0.25, -0.2) is 0 Å². The van der Waals surface area contributed by atoms with Crippen LogP contribution in [-0.4, -0.2) is 10.2 Å².